The number of benzene rings is 5. The topological polar surface area (TPSA) is 31.6 Å². The van der Waals surface area contributed by atoms with E-state index in [1.54, 1.807) is 0 Å². The number of hydrogen-bond donors (Lipinski definition) is 0. The highest BCUT2D eigenvalue weighted by Crippen LogP contribution is 2.48. The van der Waals surface area contributed by atoms with E-state index in [4.69, 9.17) is 13.9 Å². The van der Waals surface area contributed by atoms with Crippen LogP contribution in [0.1, 0.15) is 36.1 Å². The fourth-order valence-electron chi connectivity index (χ4n) is 6.76. The van der Waals surface area contributed by atoms with Crippen molar-refractivity contribution in [3.8, 4) is 27.4 Å². The summed E-state index contributed by atoms with van der Waals surface area (Å²) in [4.78, 5) is 1.35. The van der Waals surface area contributed by atoms with Gasteiger partial charge in [0.05, 0.1) is 8.40 Å². The minimum Gasteiger partial charge on any atom is -0.456 e. The predicted molar refractivity (Wildman–Crippen MR) is 176 cm³/mol. The maximum absolute atomic E-state index is 6.65. The van der Waals surface area contributed by atoms with Crippen LogP contribution in [0, 0.1) is 27.7 Å². The molecule has 2 aromatic heterocycles. The Labute approximate surface area is 246 Å². The molecule has 5 aromatic carbocycles. The van der Waals surface area contributed by atoms with E-state index in [1.807, 2.05) is 13.8 Å². The molecule has 4 heteroatoms. The van der Waals surface area contributed by atoms with Gasteiger partial charge in [-0.25, -0.2) is 0 Å². The molecule has 0 saturated heterocycles. The molecule has 0 bridgehead atoms. The molecule has 42 heavy (non-hydrogen) atoms. The van der Waals surface area contributed by atoms with Crippen LogP contribution in [0.3, 0.4) is 0 Å². The first-order valence-electron chi connectivity index (χ1n) is 14.6. The Bertz CT molecular complexity index is 2250. The van der Waals surface area contributed by atoms with Gasteiger partial charge < -0.3 is 13.9 Å². The second kappa shape index (κ2) is 8.79. The summed E-state index contributed by atoms with van der Waals surface area (Å²) in [5, 5.41) is 8.60. The molecule has 0 fully saturated rings. The molecule has 0 unspecified atom stereocenters. The van der Waals surface area contributed by atoms with Crippen molar-refractivity contribution in [1.82, 2.24) is 0 Å². The predicted octanol–water partition coefficient (Wildman–Crippen LogP) is 10.3. The van der Waals surface area contributed by atoms with Crippen molar-refractivity contribution in [1.29, 1.82) is 0 Å². The maximum Gasteiger partial charge on any atom is 0.245 e. The number of aryl methyl sites for hydroxylation is 4. The average Bonchev–Trinajstić information content (AvgIpc) is 3.23. The largest absolute Gasteiger partial charge is 0.456 e. The van der Waals surface area contributed by atoms with Crippen LogP contribution in [-0.4, -0.2) is 14.2 Å². The minimum absolute atomic E-state index is 0.802. The van der Waals surface area contributed by atoms with Crippen LogP contribution in [0.5, 0.6) is 11.5 Å². The molecule has 7 aromatic rings. The third kappa shape index (κ3) is 3.82. The maximum atomic E-state index is 6.65. The van der Waals surface area contributed by atoms with Gasteiger partial charge in [0, 0.05) is 35.4 Å². The van der Waals surface area contributed by atoms with Gasteiger partial charge in [0.15, 0.2) is 0 Å². The van der Waals surface area contributed by atoms with E-state index in [-0.39, 0.29) is 0 Å². The Morgan fingerprint density at radius 3 is 1.88 bits per heavy atom. The van der Waals surface area contributed by atoms with Crippen molar-refractivity contribution in [3.63, 3.8) is 0 Å². The molecule has 0 N–H and O–H groups in total. The van der Waals surface area contributed by atoms with Crippen molar-refractivity contribution >= 4 is 51.5 Å². The molecule has 0 amide bonds. The lowest BCUT2D eigenvalue weighted by molar-refractivity contribution is -0.0775. The van der Waals surface area contributed by atoms with E-state index in [1.165, 1.54) is 53.9 Å². The first-order valence-corrected chi connectivity index (χ1v) is 16.1. The molecular formula is C38H32O3Si. The summed E-state index contributed by atoms with van der Waals surface area (Å²) in [5.41, 5.74) is 7.93. The first kappa shape index (κ1) is 25.3. The van der Waals surface area contributed by atoms with Gasteiger partial charge in [0.1, 0.15) is 22.7 Å². The van der Waals surface area contributed by atoms with Gasteiger partial charge in [0.2, 0.25) is 5.79 Å². The number of fused-ring (bicyclic) bond motifs is 3. The van der Waals surface area contributed by atoms with Gasteiger partial charge >= 0.3 is 0 Å². The Hall–Kier alpha value is -4.41. The quantitative estimate of drug-likeness (QED) is 0.155. The van der Waals surface area contributed by atoms with Gasteiger partial charge in [-0.15, -0.1) is 0 Å². The molecule has 206 valence electrons. The van der Waals surface area contributed by atoms with Crippen molar-refractivity contribution in [3.05, 3.63) is 107 Å². The van der Waals surface area contributed by atoms with Crippen LogP contribution in [0.25, 0.3) is 59.0 Å². The van der Waals surface area contributed by atoms with Gasteiger partial charge in [0.25, 0.3) is 0 Å². The summed E-state index contributed by atoms with van der Waals surface area (Å²) in [6.45, 7) is 12.6. The molecule has 1 aliphatic heterocycles. The van der Waals surface area contributed by atoms with Gasteiger partial charge in [-0.3, -0.25) is 0 Å². The summed E-state index contributed by atoms with van der Waals surface area (Å²) in [6, 6.07) is 31.4. The summed E-state index contributed by atoms with van der Waals surface area (Å²) >= 11 is 0. The zero-order valence-electron chi connectivity index (χ0n) is 24.8. The molecule has 0 aliphatic carbocycles. The van der Waals surface area contributed by atoms with E-state index < -0.39 is 14.2 Å². The zero-order valence-corrected chi connectivity index (χ0v) is 25.8. The third-order valence-corrected chi connectivity index (χ3v) is 11.4. The molecular weight excluding hydrogens is 533 g/mol. The van der Waals surface area contributed by atoms with Gasteiger partial charge in [-0.2, -0.15) is 0 Å². The van der Waals surface area contributed by atoms with Crippen molar-refractivity contribution in [2.24, 2.45) is 0 Å². The van der Waals surface area contributed by atoms with Crippen LogP contribution >= 0.6 is 0 Å². The van der Waals surface area contributed by atoms with Crippen LogP contribution in [0.2, 0.25) is 0 Å². The van der Waals surface area contributed by atoms with Gasteiger partial charge in [-0.05, 0) is 102 Å². The zero-order chi connectivity index (χ0) is 28.9. The van der Waals surface area contributed by atoms with Gasteiger partial charge in [-0.1, -0.05) is 59.7 Å². The van der Waals surface area contributed by atoms with E-state index >= 15 is 0 Å². The minimum atomic E-state index is -1.46. The lowest BCUT2D eigenvalue weighted by Crippen LogP contribution is -2.34. The standard InChI is InChI=1S/C38H32O3Si/c1-21-7-11-26(12-8-21)42-34-19-24(4)18-33-36(34)35-29(16-23(3)17-32(35)40-38(5,6)41-33)37(42)25-10-14-31-28(20-25)27-15-22(2)9-13-30(27)39-31/h7-20H,1-6H3. The average molecular weight is 565 g/mol. The van der Waals surface area contributed by atoms with Crippen LogP contribution < -0.4 is 9.47 Å². The molecule has 3 nitrogen and oxygen atoms in total. The monoisotopic (exact) mass is 564 g/mol. The van der Waals surface area contributed by atoms with Crippen molar-refractivity contribution in [2.75, 3.05) is 0 Å². The number of ether oxygens (including phenoxy) is 2. The van der Waals surface area contributed by atoms with E-state index in [2.05, 4.69) is 113 Å². The van der Waals surface area contributed by atoms with E-state index in [0.717, 1.165) is 38.8 Å². The second-order valence-electron chi connectivity index (χ2n) is 12.4. The smallest absolute Gasteiger partial charge is 0.245 e. The Morgan fingerprint density at radius 1 is 0.548 bits per heavy atom. The summed E-state index contributed by atoms with van der Waals surface area (Å²) in [5.74, 6) is 0.982. The molecule has 0 spiro atoms. The van der Waals surface area contributed by atoms with E-state index in [9.17, 15) is 0 Å². The molecule has 3 heterocycles. The normalized spacial score (nSPS) is 14.0. The van der Waals surface area contributed by atoms with Crippen LogP contribution in [-0.2, 0) is 0 Å². The van der Waals surface area contributed by atoms with Crippen LogP contribution in [0.4, 0.5) is 0 Å². The highest BCUT2D eigenvalue weighted by atomic mass is 28.2. The SMILES string of the molecule is Cc1ccc(-[si]2c(-c3ccc4oc5ccc(C)cc5c4c3)c3cc(C)cc4c3c3c(cc(C)cc32)OC(C)(C)O4)cc1. The summed E-state index contributed by atoms with van der Waals surface area (Å²) < 4.78 is 19.6. The molecule has 1 aliphatic rings. The number of furan rings is 1. The number of rotatable bonds is 2. The lowest BCUT2D eigenvalue weighted by atomic mass is 9.99. The summed E-state index contributed by atoms with van der Waals surface area (Å²) in [7, 11) is -1.46. The fraction of sp³-hybridized carbons (Fsp3) is 0.184. The Morgan fingerprint density at radius 2 is 1.14 bits per heavy atom. The Balaban J connectivity index is 1.60. The first-order chi connectivity index (χ1) is 20.1. The number of hydrogen-bond acceptors (Lipinski definition) is 3. The molecule has 8 rings (SSSR count). The molecule has 0 radical (unpaired) electrons. The van der Waals surface area contributed by atoms with Crippen molar-refractivity contribution in [2.45, 2.75) is 47.3 Å². The van der Waals surface area contributed by atoms with Crippen molar-refractivity contribution < 1.29 is 13.9 Å². The second-order valence-corrected chi connectivity index (χ2v) is 14.8. The highest BCUT2D eigenvalue weighted by Gasteiger charge is 2.32. The summed E-state index contributed by atoms with van der Waals surface area (Å²) in [6.07, 6.45) is 0. The fourth-order valence-corrected chi connectivity index (χ4v) is 9.91. The van der Waals surface area contributed by atoms with E-state index in [0.29, 0.717) is 0 Å². The highest BCUT2D eigenvalue weighted by molar-refractivity contribution is 6.83. The lowest BCUT2D eigenvalue weighted by Gasteiger charge is -2.26. The third-order valence-electron chi connectivity index (χ3n) is 8.50. The molecule has 0 atom stereocenters. The van der Waals surface area contributed by atoms with Crippen LogP contribution in [0.15, 0.2) is 89.3 Å². The molecule has 0 saturated carbocycles. The Kier molecular flexibility index (Phi) is 5.30.